The lowest BCUT2D eigenvalue weighted by Gasteiger charge is -2.22. The van der Waals surface area contributed by atoms with Gasteiger partial charge in [0.1, 0.15) is 0 Å². The Bertz CT molecular complexity index is 465. The second-order valence-electron chi connectivity index (χ2n) is 4.51. The summed E-state index contributed by atoms with van der Waals surface area (Å²) in [6.07, 6.45) is -0.00215. The number of rotatable bonds is 5. The molecule has 0 bridgehead atoms. The van der Waals surface area contributed by atoms with Crippen LogP contribution in [0.3, 0.4) is 0 Å². The molecule has 1 heterocycles. The number of carbonyl (C=O) groups excluding carboxylic acids is 1. The maximum atomic E-state index is 11.9. The summed E-state index contributed by atoms with van der Waals surface area (Å²) >= 11 is 0. The molecular formula is C14H17NO5. The zero-order valence-electron chi connectivity index (χ0n) is 11.0. The summed E-state index contributed by atoms with van der Waals surface area (Å²) in [6, 6.07) is 7.10. The van der Waals surface area contributed by atoms with Crippen molar-refractivity contribution in [2.24, 2.45) is 0 Å². The Morgan fingerprint density at radius 3 is 2.60 bits per heavy atom. The van der Waals surface area contributed by atoms with Crippen LogP contribution in [0.1, 0.15) is 12.0 Å². The highest BCUT2D eigenvalue weighted by molar-refractivity contribution is 5.94. The molecule has 6 heteroatoms. The molecule has 1 aliphatic heterocycles. The molecule has 0 aliphatic carbocycles. The summed E-state index contributed by atoms with van der Waals surface area (Å²) in [5.74, 6) is -1.06. The van der Waals surface area contributed by atoms with Crippen LogP contribution in [0.2, 0.25) is 0 Å². The Labute approximate surface area is 116 Å². The SMILES string of the molecule is O=C(O)CCc1ccc(NC(=O)C2COCCO2)cc1. The van der Waals surface area contributed by atoms with E-state index in [1.807, 2.05) is 0 Å². The van der Waals surface area contributed by atoms with Crippen LogP contribution in [0, 0.1) is 0 Å². The van der Waals surface area contributed by atoms with Gasteiger partial charge in [-0.3, -0.25) is 9.59 Å². The second kappa shape index (κ2) is 7.02. The van der Waals surface area contributed by atoms with E-state index in [9.17, 15) is 9.59 Å². The van der Waals surface area contributed by atoms with Gasteiger partial charge >= 0.3 is 5.97 Å². The molecule has 1 amide bonds. The number of amides is 1. The topological polar surface area (TPSA) is 84.9 Å². The van der Waals surface area contributed by atoms with Crippen molar-refractivity contribution in [3.8, 4) is 0 Å². The highest BCUT2D eigenvalue weighted by Crippen LogP contribution is 2.12. The van der Waals surface area contributed by atoms with Crippen molar-refractivity contribution in [2.75, 3.05) is 25.1 Å². The van der Waals surface area contributed by atoms with Crippen LogP contribution in [0.25, 0.3) is 0 Å². The molecular weight excluding hydrogens is 262 g/mol. The van der Waals surface area contributed by atoms with E-state index in [1.165, 1.54) is 0 Å². The molecule has 0 radical (unpaired) electrons. The van der Waals surface area contributed by atoms with Crippen LogP contribution in [-0.2, 0) is 25.5 Å². The Hall–Kier alpha value is -1.92. The van der Waals surface area contributed by atoms with Crippen molar-refractivity contribution in [1.29, 1.82) is 0 Å². The number of hydrogen-bond donors (Lipinski definition) is 2. The van der Waals surface area contributed by atoms with Crippen LogP contribution in [0.4, 0.5) is 5.69 Å². The molecule has 1 aromatic rings. The molecule has 2 rings (SSSR count). The minimum atomic E-state index is -0.822. The second-order valence-corrected chi connectivity index (χ2v) is 4.51. The molecule has 1 fully saturated rings. The number of carboxylic acid groups (broad SMARTS) is 1. The summed E-state index contributed by atoms with van der Waals surface area (Å²) in [4.78, 5) is 22.4. The van der Waals surface area contributed by atoms with E-state index in [1.54, 1.807) is 24.3 Å². The molecule has 0 spiro atoms. The third-order valence-electron chi connectivity index (χ3n) is 2.96. The van der Waals surface area contributed by atoms with Gasteiger partial charge in [-0.2, -0.15) is 0 Å². The van der Waals surface area contributed by atoms with Crippen LogP contribution < -0.4 is 5.32 Å². The maximum Gasteiger partial charge on any atom is 0.303 e. The van der Waals surface area contributed by atoms with Gasteiger partial charge in [-0.05, 0) is 24.1 Å². The molecule has 0 aromatic heterocycles. The molecule has 108 valence electrons. The first kappa shape index (κ1) is 14.5. The fourth-order valence-corrected chi connectivity index (χ4v) is 1.87. The van der Waals surface area contributed by atoms with E-state index >= 15 is 0 Å². The minimum absolute atomic E-state index is 0.0962. The van der Waals surface area contributed by atoms with Gasteiger partial charge in [-0.15, -0.1) is 0 Å². The van der Waals surface area contributed by atoms with Gasteiger partial charge in [-0.1, -0.05) is 12.1 Å². The third kappa shape index (κ3) is 4.32. The molecule has 2 N–H and O–H groups in total. The van der Waals surface area contributed by atoms with Gasteiger partial charge < -0.3 is 19.9 Å². The Kier molecular flexibility index (Phi) is 5.09. The first-order valence-corrected chi connectivity index (χ1v) is 6.46. The molecule has 0 saturated carbocycles. The van der Waals surface area contributed by atoms with Gasteiger partial charge in [0.25, 0.3) is 5.91 Å². The van der Waals surface area contributed by atoms with Crippen LogP contribution >= 0.6 is 0 Å². The number of nitrogens with one attached hydrogen (secondary N) is 1. The normalized spacial score (nSPS) is 18.5. The van der Waals surface area contributed by atoms with E-state index in [4.69, 9.17) is 14.6 Å². The number of benzene rings is 1. The fraction of sp³-hybridized carbons (Fsp3) is 0.429. The summed E-state index contributed by atoms with van der Waals surface area (Å²) < 4.78 is 10.5. The highest BCUT2D eigenvalue weighted by Gasteiger charge is 2.22. The van der Waals surface area contributed by atoms with Crippen LogP contribution in [-0.4, -0.2) is 42.9 Å². The zero-order chi connectivity index (χ0) is 14.4. The van der Waals surface area contributed by atoms with E-state index in [0.29, 0.717) is 25.3 Å². The van der Waals surface area contributed by atoms with E-state index < -0.39 is 12.1 Å². The van der Waals surface area contributed by atoms with E-state index in [2.05, 4.69) is 5.32 Å². The first-order valence-electron chi connectivity index (χ1n) is 6.46. The lowest BCUT2D eigenvalue weighted by molar-refractivity contribution is -0.142. The highest BCUT2D eigenvalue weighted by atomic mass is 16.6. The smallest absolute Gasteiger partial charge is 0.303 e. The Balaban J connectivity index is 1.86. The molecule has 20 heavy (non-hydrogen) atoms. The van der Waals surface area contributed by atoms with Crippen molar-refractivity contribution in [3.63, 3.8) is 0 Å². The summed E-state index contributed by atoms with van der Waals surface area (Å²) in [5.41, 5.74) is 1.57. The lowest BCUT2D eigenvalue weighted by atomic mass is 10.1. The van der Waals surface area contributed by atoms with Gasteiger partial charge in [0.05, 0.1) is 19.8 Å². The van der Waals surface area contributed by atoms with E-state index in [0.717, 1.165) is 5.56 Å². The Morgan fingerprint density at radius 2 is 2.00 bits per heavy atom. The predicted octanol–water partition coefficient (Wildman–Crippen LogP) is 1.06. The predicted molar refractivity (Wildman–Crippen MR) is 71.6 cm³/mol. The van der Waals surface area contributed by atoms with Crippen LogP contribution in [0.5, 0.6) is 0 Å². The standard InChI is InChI=1S/C14H17NO5/c16-13(17)6-3-10-1-4-11(5-2-10)15-14(18)12-9-19-7-8-20-12/h1-2,4-5,12H,3,6-9H2,(H,15,18)(H,16,17). The quantitative estimate of drug-likeness (QED) is 0.841. The molecule has 6 nitrogen and oxygen atoms in total. The van der Waals surface area contributed by atoms with Crippen molar-refractivity contribution < 1.29 is 24.2 Å². The van der Waals surface area contributed by atoms with Crippen molar-refractivity contribution >= 4 is 17.6 Å². The zero-order valence-corrected chi connectivity index (χ0v) is 11.0. The number of aliphatic carboxylic acids is 1. The largest absolute Gasteiger partial charge is 0.481 e. The number of aryl methyl sites for hydroxylation is 1. The average Bonchev–Trinajstić information content (AvgIpc) is 2.47. The number of ether oxygens (including phenoxy) is 2. The number of hydrogen-bond acceptors (Lipinski definition) is 4. The molecule has 1 saturated heterocycles. The molecule has 1 aromatic carbocycles. The summed E-state index contributed by atoms with van der Waals surface area (Å²) in [7, 11) is 0. The maximum absolute atomic E-state index is 11.9. The summed E-state index contributed by atoms with van der Waals surface area (Å²) in [6.45, 7) is 1.21. The van der Waals surface area contributed by atoms with Gasteiger partial charge in [-0.25, -0.2) is 0 Å². The average molecular weight is 279 g/mol. The third-order valence-corrected chi connectivity index (χ3v) is 2.96. The van der Waals surface area contributed by atoms with Crippen molar-refractivity contribution in [2.45, 2.75) is 18.9 Å². The van der Waals surface area contributed by atoms with Gasteiger partial charge in [0.2, 0.25) is 0 Å². The molecule has 1 unspecified atom stereocenters. The number of carbonyl (C=O) groups is 2. The fourth-order valence-electron chi connectivity index (χ4n) is 1.87. The van der Waals surface area contributed by atoms with E-state index in [-0.39, 0.29) is 18.9 Å². The number of anilines is 1. The monoisotopic (exact) mass is 279 g/mol. The molecule has 1 atom stereocenters. The minimum Gasteiger partial charge on any atom is -0.481 e. The van der Waals surface area contributed by atoms with Gasteiger partial charge in [0, 0.05) is 12.1 Å². The van der Waals surface area contributed by atoms with Gasteiger partial charge in [0.15, 0.2) is 6.10 Å². The Morgan fingerprint density at radius 1 is 1.25 bits per heavy atom. The molecule has 1 aliphatic rings. The lowest BCUT2D eigenvalue weighted by Crippen LogP contribution is -2.39. The first-order chi connectivity index (χ1) is 9.65. The van der Waals surface area contributed by atoms with Crippen molar-refractivity contribution in [1.82, 2.24) is 0 Å². The van der Waals surface area contributed by atoms with Crippen molar-refractivity contribution in [3.05, 3.63) is 29.8 Å². The summed E-state index contributed by atoms with van der Waals surface area (Å²) in [5, 5.41) is 11.4. The number of carboxylic acids is 1. The van der Waals surface area contributed by atoms with Crippen LogP contribution in [0.15, 0.2) is 24.3 Å².